The van der Waals surface area contributed by atoms with Gasteiger partial charge in [-0.25, -0.2) is 4.79 Å². The fourth-order valence-electron chi connectivity index (χ4n) is 2.71. The van der Waals surface area contributed by atoms with Crippen molar-refractivity contribution in [2.75, 3.05) is 26.6 Å². The molecule has 2 aromatic carbocycles. The molecule has 0 atom stereocenters. The fraction of sp³-hybridized carbons (Fsp3) is 0.300. The van der Waals surface area contributed by atoms with Crippen LogP contribution in [0.5, 0.6) is 17.2 Å². The number of hydrogen-bond acceptors (Lipinski definition) is 5. The summed E-state index contributed by atoms with van der Waals surface area (Å²) in [5, 5.41) is 11.9. The largest absolute Gasteiger partial charge is 0.493 e. The zero-order valence-electron chi connectivity index (χ0n) is 15.8. The van der Waals surface area contributed by atoms with Gasteiger partial charge in [0.1, 0.15) is 0 Å². The Morgan fingerprint density at radius 1 is 1.00 bits per heavy atom. The van der Waals surface area contributed by atoms with Gasteiger partial charge in [-0.3, -0.25) is 4.79 Å². The van der Waals surface area contributed by atoms with Gasteiger partial charge in [-0.15, -0.1) is 0 Å². The normalized spacial score (nSPS) is 10.2. The molecular weight excluding hydrogens is 350 g/mol. The summed E-state index contributed by atoms with van der Waals surface area (Å²) in [7, 11) is 4.59. The van der Waals surface area contributed by atoms with Crippen LogP contribution in [0.15, 0.2) is 30.3 Å². The average molecular weight is 373 g/mol. The van der Waals surface area contributed by atoms with Gasteiger partial charge in [0.25, 0.3) is 0 Å². The summed E-state index contributed by atoms with van der Waals surface area (Å²) in [6, 6.07) is 8.20. The predicted molar refractivity (Wildman–Crippen MR) is 101 cm³/mol. The van der Waals surface area contributed by atoms with Crippen LogP contribution in [0.25, 0.3) is 0 Å². The molecule has 0 radical (unpaired) electrons. The molecule has 0 spiro atoms. The quantitative estimate of drug-likeness (QED) is 0.737. The number of aryl methyl sites for hydroxylation is 2. The number of carbonyl (C=O) groups is 2. The number of carboxylic acid groups (broad SMARTS) is 1. The van der Waals surface area contributed by atoms with Crippen LogP contribution in [0.3, 0.4) is 0 Å². The second kappa shape index (κ2) is 8.93. The fourth-order valence-corrected chi connectivity index (χ4v) is 2.71. The van der Waals surface area contributed by atoms with Crippen LogP contribution in [0.1, 0.15) is 27.9 Å². The number of amides is 1. The van der Waals surface area contributed by atoms with Gasteiger partial charge in [0.05, 0.1) is 26.9 Å². The summed E-state index contributed by atoms with van der Waals surface area (Å²) < 4.78 is 16.0. The molecule has 7 heteroatoms. The molecule has 0 saturated heterocycles. The maximum Gasteiger partial charge on any atom is 0.335 e. The molecular formula is C20H23NO6. The first-order valence-corrected chi connectivity index (χ1v) is 8.32. The average Bonchev–Trinajstić information content (AvgIpc) is 2.66. The van der Waals surface area contributed by atoms with Gasteiger partial charge in [-0.05, 0) is 42.7 Å². The monoisotopic (exact) mass is 373 g/mol. The molecule has 0 aromatic heterocycles. The lowest BCUT2D eigenvalue weighted by Gasteiger charge is -2.16. The summed E-state index contributed by atoms with van der Waals surface area (Å²) in [6.07, 6.45) is 0.621. The van der Waals surface area contributed by atoms with E-state index in [1.807, 2.05) is 6.07 Å². The highest BCUT2D eigenvalue weighted by Crippen LogP contribution is 2.40. The number of rotatable bonds is 8. The van der Waals surface area contributed by atoms with Gasteiger partial charge in [0.15, 0.2) is 11.5 Å². The molecule has 1 amide bonds. The van der Waals surface area contributed by atoms with Crippen LogP contribution in [0, 0.1) is 6.92 Å². The van der Waals surface area contributed by atoms with Gasteiger partial charge in [-0.2, -0.15) is 0 Å². The molecule has 27 heavy (non-hydrogen) atoms. The molecule has 7 nitrogen and oxygen atoms in total. The van der Waals surface area contributed by atoms with Crippen LogP contribution in [0.4, 0.5) is 5.69 Å². The number of benzene rings is 2. The molecule has 0 aliphatic carbocycles. The Kier molecular flexibility index (Phi) is 6.65. The van der Waals surface area contributed by atoms with Crippen molar-refractivity contribution in [2.45, 2.75) is 19.8 Å². The highest BCUT2D eigenvalue weighted by molar-refractivity contribution is 5.94. The Morgan fingerprint density at radius 2 is 1.70 bits per heavy atom. The van der Waals surface area contributed by atoms with E-state index < -0.39 is 5.97 Å². The maximum absolute atomic E-state index is 12.3. The van der Waals surface area contributed by atoms with E-state index in [0.717, 1.165) is 11.1 Å². The van der Waals surface area contributed by atoms with Crippen LogP contribution in [0.2, 0.25) is 0 Å². The smallest absolute Gasteiger partial charge is 0.335 e. The molecule has 144 valence electrons. The third-order valence-corrected chi connectivity index (χ3v) is 4.17. The number of nitrogens with one attached hydrogen (secondary N) is 1. The van der Waals surface area contributed by atoms with Crippen molar-refractivity contribution in [1.82, 2.24) is 0 Å². The Bertz CT molecular complexity index is 847. The molecule has 2 aromatic rings. The first kappa shape index (κ1) is 20.1. The van der Waals surface area contributed by atoms with Crippen molar-refractivity contribution in [2.24, 2.45) is 0 Å². The number of anilines is 1. The molecule has 0 unspecified atom stereocenters. The Hall–Kier alpha value is -3.22. The summed E-state index contributed by atoms with van der Waals surface area (Å²) in [5.41, 5.74) is 2.20. The minimum absolute atomic E-state index is 0.123. The lowest BCUT2D eigenvalue weighted by atomic mass is 10.1. The standard InChI is InChI=1S/C20H23NO6/c1-12-5-6-14(20(23)24)11-15(12)21-17(22)10-8-13-7-9-16(25-2)19(27-4)18(13)26-3/h5-7,9,11H,8,10H2,1-4H3,(H,21,22)(H,23,24). The zero-order valence-corrected chi connectivity index (χ0v) is 15.8. The van der Waals surface area contributed by atoms with Gasteiger partial charge < -0.3 is 24.6 Å². The first-order chi connectivity index (χ1) is 12.9. The minimum atomic E-state index is -1.04. The summed E-state index contributed by atoms with van der Waals surface area (Å²) in [6.45, 7) is 1.80. The van der Waals surface area contributed by atoms with Crippen molar-refractivity contribution in [3.63, 3.8) is 0 Å². The maximum atomic E-state index is 12.3. The van der Waals surface area contributed by atoms with E-state index in [0.29, 0.717) is 29.4 Å². The molecule has 0 saturated carbocycles. The van der Waals surface area contributed by atoms with Gasteiger partial charge >= 0.3 is 5.97 Å². The third kappa shape index (κ3) is 4.69. The highest BCUT2D eigenvalue weighted by Gasteiger charge is 2.17. The third-order valence-electron chi connectivity index (χ3n) is 4.17. The number of ether oxygens (including phenoxy) is 3. The van der Waals surface area contributed by atoms with E-state index in [1.54, 1.807) is 19.1 Å². The lowest BCUT2D eigenvalue weighted by molar-refractivity contribution is -0.116. The first-order valence-electron chi connectivity index (χ1n) is 8.32. The summed E-state index contributed by atoms with van der Waals surface area (Å²) >= 11 is 0. The highest BCUT2D eigenvalue weighted by atomic mass is 16.5. The molecule has 0 bridgehead atoms. The van der Waals surface area contributed by atoms with E-state index in [-0.39, 0.29) is 17.9 Å². The van der Waals surface area contributed by atoms with Crippen molar-refractivity contribution >= 4 is 17.6 Å². The van der Waals surface area contributed by atoms with Crippen molar-refractivity contribution in [1.29, 1.82) is 0 Å². The molecule has 0 heterocycles. The Labute approximate surface area is 157 Å². The number of carboxylic acids is 1. The molecule has 0 aliphatic heterocycles. The lowest BCUT2D eigenvalue weighted by Crippen LogP contribution is -2.14. The topological polar surface area (TPSA) is 94.1 Å². The zero-order chi connectivity index (χ0) is 20.0. The second-order valence-corrected chi connectivity index (χ2v) is 5.88. The molecule has 0 aliphatic rings. The van der Waals surface area contributed by atoms with Gasteiger partial charge in [-0.1, -0.05) is 12.1 Å². The minimum Gasteiger partial charge on any atom is -0.493 e. The van der Waals surface area contributed by atoms with E-state index in [2.05, 4.69) is 5.32 Å². The summed E-state index contributed by atoms with van der Waals surface area (Å²) in [5.74, 6) is 0.276. The van der Waals surface area contributed by atoms with E-state index >= 15 is 0 Å². The van der Waals surface area contributed by atoms with Crippen LogP contribution < -0.4 is 19.5 Å². The van der Waals surface area contributed by atoms with Crippen molar-refractivity contribution in [3.8, 4) is 17.2 Å². The predicted octanol–water partition coefficient (Wildman–Crippen LogP) is 3.29. The van der Waals surface area contributed by atoms with Crippen LogP contribution >= 0.6 is 0 Å². The Morgan fingerprint density at radius 3 is 2.30 bits per heavy atom. The van der Waals surface area contributed by atoms with Crippen LogP contribution in [-0.2, 0) is 11.2 Å². The van der Waals surface area contributed by atoms with Crippen LogP contribution in [-0.4, -0.2) is 38.3 Å². The SMILES string of the molecule is COc1ccc(CCC(=O)Nc2cc(C(=O)O)ccc2C)c(OC)c1OC. The second-order valence-electron chi connectivity index (χ2n) is 5.88. The van der Waals surface area contributed by atoms with Crippen molar-refractivity contribution in [3.05, 3.63) is 47.0 Å². The number of methoxy groups -OCH3 is 3. The van der Waals surface area contributed by atoms with E-state index in [4.69, 9.17) is 19.3 Å². The molecule has 2 N–H and O–H groups in total. The number of carbonyl (C=O) groups excluding carboxylic acids is 1. The van der Waals surface area contributed by atoms with Gasteiger partial charge in [0.2, 0.25) is 11.7 Å². The molecule has 0 fully saturated rings. The number of hydrogen-bond donors (Lipinski definition) is 2. The number of aromatic carboxylic acids is 1. The van der Waals surface area contributed by atoms with E-state index in [1.165, 1.54) is 33.5 Å². The van der Waals surface area contributed by atoms with Crippen molar-refractivity contribution < 1.29 is 28.9 Å². The van der Waals surface area contributed by atoms with Gasteiger partial charge in [0, 0.05) is 12.1 Å². The Balaban J connectivity index is 2.12. The molecule has 2 rings (SSSR count). The summed E-state index contributed by atoms with van der Waals surface area (Å²) in [4.78, 5) is 23.4. The van der Waals surface area contributed by atoms with E-state index in [9.17, 15) is 9.59 Å².